The summed E-state index contributed by atoms with van der Waals surface area (Å²) in [7, 11) is 1.86. The predicted molar refractivity (Wildman–Crippen MR) is 77.5 cm³/mol. The number of hydrogen-bond acceptors (Lipinski definition) is 2. The Morgan fingerprint density at radius 3 is 2.95 bits per heavy atom. The van der Waals surface area contributed by atoms with E-state index in [0.717, 1.165) is 24.1 Å². The van der Waals surface area contributed by atoms with Gasteiger partial charge in [-0.25, -0.2) is 4.39 Å². The van der Waals surface area contributed by atoms with E-state index in [1.165, 1.54) is 6.07 Å². The van der Waals surface area contributed by atoms with Gasteiger partial charge < -0.3 is 5.32 Å². The number of benzene rings is 1. The van der Waals surface area contributed by atoms with Gasteiger partial charge in [0.15, 0.2) is 0 Å². The molecule has 3 nitrogen and oxygen atoms in total. The molecule has 0 amide bonds. The largest absolute Gasteiger partial charge is 0.309 e. The van der Waals surface area contributed by atoms with Gasteiger partial charge in [-0.2, -0.15) is 5.10 Å². The van der Waals surface area contributed by atoms with E-state index in [1.807, 2.05) is 30.2 Å². The van der Waals surface area contributed by atoms with Gasteiger partial charge in [0.05, 0.1) is 16.7 Å². The molecule has 0 aliphatic carbocycles. The lowest BCUT2D eigenvalue weighted by atomic mass is 10.0. The van der Waals surface area contributed by atoms with E-state index in [9.17, 15) is 4.39 Å². The molecule has 0 spiro atoms. The highest BCUT2D eigenvalue weighted by Crippen LogP contribution is 2.30. The normalized spacial score (nSPS) is 12.6. The molecule has 0 saturated carbocycles. The molecule has 1 heterocycles. The van der Waals surface area contributed by atoms with Crippen LogP contribution in [0.4, 0.5) is 4.39 Å². The van der Waals surface area contributed by atoms with Crippen molar-refractivity contribution in [1.29, 1.82) is 0 Å². The summed E-state index contributed by atoms with van der Waals surface area (Å²) in [6.45, 7) is 3.00. The van der Waals surface area contributed by atoms with Crippen LogP contribution in [0.1, 0.15) is 30.5 Å². The van der Waals surface area contributed by atoms with Crippen molar-refractivity contribution in [3.8, 4) is 0 Å². The maximum absolute atomic E-state index is 13.6. The van der Waals surface area contributed by atoms with E-state index < -0.39 is 0 Å². The molecule has 1 atom stereocenters. The Labute approximate surface area is 121 Å². The van der Waals surface area contributed by atoms with Crippen LogP contribution >= 0.6 is 15.9 Å². The highest BCUT2D eigenvalue weighted by atomic mass is 79.9. The Morgan fingerprint density at radius 1 is 1.47 bits per heavy atom. The van der Waals surface area contributed by atoms with Crippen LogP contribution < -0.4 is 5.32 Å². The number of aryl methyl sites for hydroxylation is 1. The second-order valence-electron chi connectivity index (χ2n) is 4.40. The summed E-state index contributed by atoms with van der Waals surface area (Å²) >= 11 is 3.31. The fraction of sp³-hybridized carbons (Fsp3) is 0.357. The zero-order chi connectivity index (χ0) is 13.8. The SMILES string of the molecule is CCCn1cc(C(NC)c2cccc(F)c2Br)cn1. The molecule has 0 bridgehead atoms. The molecule has 1 aromatic heterocycles. The van der Waals surface area contributed by atoms with Crippen molar-refractivity contribution < 1.29 is 4.39 Å². The average molecular weight is 326 g/mol. The van der Waals surface area contributed by atoms with Gasteiger partial charge in [0, 0.05) is 18.3 Å². The van der Waals surface area contributed by atoms with Gasteiger partial charge in [-0.05, 0) is 41.0 Å². The summed E-state index contributed by atoms with van der Waals surface area (Å²) in [5.74, 6) is -0.251. The zero-order valence-corrected chi connectivity index (χ0v) is 12.6. The second-order valence-corrected chi connectivity index (χ2v) is 5.19. The van der Waals surface area contributed by atoms with Crippen LogP contribution in [0.5, 0.6) is 0 Å². The molecule has 0 saturated heterocycles. The summed E-state index contributed by atoms with van der Waals surface area (Å²) < 4.78 is 16.0. The Balaban J connectivity index is 2.35. The van der Waals surface area contributed by atoms with Crippen molar-refractivity contribution in [1.82, 2.24) is 15.1 Å². The van der Waals surface area contributed by atoms with E-state index in [1.54, 1.807) is 6.07 Å². The summed E-state index contributed by atoms with van der Waals surface area (Å²) in [6.07, 6.45) is 4.87. The molecule has 0 radical (unpaired) electrons. The Hall–Kier alpha value is -1.20. The van der Waals surface area contributed by atoms with Crippen LogP contribution in [0.2, 0.25) is 0 Å². The number of nitrogens with zero attached hydrogens (tertiary/aromatic N) is 2. The quantitative estimate of drug-likeness (QED) is 0.911. The van der Waals surface area contributed by atoms with Crippen LogP contribution in [0.25, 0.3) is 0 Å². The lowest BCUT2D eigenvalue weighted by molar-refractivity contribution is 0.598. The molecular formula is C14H17BrFN3. The topological polar surface area (TPSA) is 29.9 Å². The van der Waals surface area contributed by atoms with E-state index >= 15 is 0 Å². The molecule has 2 aromatic rings. The lowest BCUT2D eigenvalue weighted by Crippen LogP contribution is -2.18. The summed E-state index contributed by atoms with van der Waals surface area (Å²) in [4.78, 5) is 0. The summed E-state index contributed by atoms with van der Waals surface area (Å²) in [5.41, 5.74) is 1.90. The second kappa shape index (κ2) is 6.30. The molecule has 5 heteroatoms. The van der Waals surface area contributed by atoms with E-state index in [-0.39, 0.29) is 11.9 Å². The van der Waals surface area contributed by atoms with Crippen LogP contribution in [-0.4, -0.2) is 16.8 Å². The zero-order valence-electron chi connectivity index (χ0n) is 11.0. The number of halogens is 2. The van der Waals surface area contributed by atoms with Crippen molar-refractivity contribution in [2.75, 3.05) is 7.05 Å². The van der Waals surface area contributed by atoms with E-state index in [4.69, 9.17) is 0 Å². The fourth-order valence-electron chi connectivity index (χ4n) is 2.13. The van der Waals surface area contributed by atoms with Gasteiger partial charge in [0.25, 0.3) is 0 Å². The minimum absolute atomic E-state index is 0.0734. The first-order valence-corrected chi connectivity index (χ1v) is 7.10. The molecule has 102 valence electrons. The van der Waals surface area contributed by atoms with Gasteiger partial charge in [0.2, 0.25) is 0 Å². The maximum Gasteiger partial charge on any atom is 0.137 e. The minimum atomic E-state index is -0.251. The first kappa shape index (κ1) is 14.2. The Kier molecular flexibility index (Phi) is 4.71. The molecular weight excluding hydrogens is 309 g/mol. The standard InChI is InChI=1S/C14H17BrFN3/c1-3-7-19-9-10(8-18-19)14(17-2)11-5-4-6-12(16)13(11)15/h4-6,8-9,14,17H,3,7H2,1-2H3. The average Bonchev–Trinajstić information content (AvgIpc) is 2.84. The molecule has 0 aliphatic rings. The number of nitrogens with one attached hydrogen (secondary N) is 1. The Morgan fingerprint density at radius 2 is 2.26 bits per heavy atom. The van der Waals surface area contributed by atoms with Crippen LogP contribution in [0, 0.1) is 5.82 Å². The van der Waals surface area contributed by atoms with Gasteiger partial charge >= 0.3 is 0 Å². The van der Waals surface area contributed by atoms with Gasteiger partial charge in [-0.3, -0.25) is 4.68 Å². The minimum Gasteiger partial charge on any atom is -0.309 e. The van der Waals surface area contributed by atoms with Crippen molar-refractivity contribution in [2.45, 2.75) is 25.9 Å². The van der Waals surface area contributed by atoms with Crippen molar-refractivity contribution in [3.05, 3.63) is 52.0 Å². The summed E-state index contributed by atoms with van der Waals surface area (Å²) in [5, 5.41) is 7.53. The molecule has 1 unspecified atom stereocenters. The monoisotopic (exact) mass is 325 g/mol. The third-order valence-electron chi connectivity index (χ3n) is 3.02. The van der Waals surface area contributed by atoms with Crippen molar-refractivity contribution in [3.63, 3.8) is 0 Å². The molecule has 19 heavy (non-hydrogen) atoms. The van der Waals surface area contributed by atoms with E-state index in [2.05, 4.69) is 33.3 Å². The highest BCUT2D eigenvalue weighted by molar-refractivity contribution is 9.10. The molecule has 1 N–H and O–H groups in total. The van der Waals surface area contributed by atoms with Gasteiger partial charge in [-0.1, -0.05) is 19.1 Å². The molecule has 1 aromatic carbocycles. The van der Waals surface area contributed by atoms with Gasteiger partial charge in [0.1, 0.15) is 5.82 Å². The number of aromatic nitrogens is 2. The molecule has 0 fully saturated rings. The smallest absolute Gasteiger partial charge is 0.137 e. The fourth-order valence-corrected chi connectivity index (χ4v) is 2.62. The third kappa shape index (κ3) is 3.04. The Bertz CT molecular complexity index is 553. The molecule has 0 aliphatic heterocycles. The number of rotatable bonds is 5. The van der Waals surface area contributed by atoms with Gasteiger partial charge in [-0.15, -0.1) is 0 Å². The number of hydrogen-bond donors (Lipinski definition) is 1. The van der Waals surface area contributed by atoms with Crippen molar-refractivity contribution >= 4 is 15.9 Å². The third-order valence-corrected chi connectivity index (χ3v) is 3.86. The highest BCUT2D eigenvalue weighted by Gasteiger charge is 2.18. The molecule has 2 rings (SSSR count). The van der Waals surface area contributed by atoms with Crippen LogP contribution in [0.15, 0.2) is 35.1 Å². The predicted octanol–water partition coefficient (Wildman–Crippen LogP) is 3.50. The lowest BCUT2D eigenvalue weighted by Gasteiger charge is -2.17. The first-order chi connectivity index (χ1) is 9.17. The summed E-state index contributed by atoms with van der Waals surface area (Å²) in [6, 6.07) is 5.00. The first-order valence-electron chi connectivity index (χ1n) is 6.31. The maximum atomic E-state index is 13.6. The van der Waals surface area contributed by atoms with Crippen LogP contribution in [-0.2, 0) is 6.54 Å². The van der Waals surface area contributed by atoms with Crippen LogP contribution in [0.3, 0.4) is 0 Å². The van der Waals surface area contributed by atoms with Crippen molar-refractivity contribution in [2.24, 2.45) is 0 Å². The van der Waals surface area contributed by atoms with E-state index in [0.29, 0.717) is 4.47 Å².